The van der Waals surface area contributed by atoms with E-state index in [1.54, 1.807) is 0 Å². The molecule has 3 heterocycles. The number of nitrogens with zero attached hydrogens (tertiary/aromatic N) is 4. The van der Waals surface area contributed by atoms with Gasteiger partial charge in [-0.15, -0.1) is 0 Å². The van der Waals surface area contributed by atoms with Crippen LogP contribution in [0, 0.1) is 0 Å². The molecule has 0 atom stereocenters. The molecule has 0 bridgehead atoms. The van der Waals surface area contributed by atoms with Crippen LogP contribution < -0.4 is 0 Å². The van der Waals surface area contributed by atoms with E-state index >= 15 is 0 Å². The van der Waals surface area contributed by atoms with Gasteiger partial charge in [0.1, 0.15) is 0 Å². The molecule has 2 aliphatic rings. The minimum Gasteiger partial charge on any atom is -0.309 e. The van der Waals surface area contributed by atoms with Crippen LogP contribution in [0.15, 0.2) is 166 Å². The Morgan fingerprint density at radius 2 is 1.04 bits per heavy atom. The van der Waals surface area contributed by atoms with Gasteiger partial charge in [-0.25, -0.2) is 15.0 Å². The molecule has 6 aromatic carbocycles. The zero-order valence-corrected chi connectivity index (χ0v) is 31.5. The molecule has 258 valence electrons. The van der Waals surface area contributed by atoms with Crippen LogP contribution in [-0.2, 0) is 5.41 Å². The fourth-order valence-corrected chi connectivity index (χ4v) is 10.2. The van der Waals surface area contributed by atoms with Crippen molar-refractivity contribution in [3.63, 3.8) is 0 Å². The van der Waals surface area contributed by atoms with Crippen LogP contribution in [0.5, 0.6) is 0 Å². The zero-order valence-electron chi connectivity index (χ0n) is 29.9. The lowest BCUT2D eigenvalue weighted by molar-refractivity contribution is 0.658. The second kappa shape index (κ2) is 12.6. The molecule has 1 aliphatic carbocycles. The standard InChI is InChI=1S/C48H34N4S2/c1-5-33-36-25-37-34(35-27-43-44(28-38(35)48(37,3)4)54-42-20-14-13-19-41(42)53-43)26-40(36)52(39(33)6-2)32-23-21-31(22-24-32)47-50-45(29-15-9-7-10-16-29)49-46(51-47)30-17-11-8-12-18-30/h5-28H,1-2H2,3-4H3. The van der Waals surface area contributed by atoms with Crippen molar-refractivity contribution in [2.24, 2.45) is 0 Å². The van der Waals surface area contributed by atoms with Gasteiger partial charge in [0.25, 0.3) is 0 Å². The molecule has 4 nitrogen and oxygen atoms in total. The van der Waals surface area contributed by atoms with Crippen LogP contribution in [0.4, 0.5) is 0 Å². The molecule has 8 aromatic rings. The number of fused-ring (bicyclic) bond motifs is 6. The Kier molecular flexibility index (Phi) is 7.61. The number of hydrogen-bond donors (Lipinski definition) is 0. The van der Waals surface area contributed by atoms with E-state index in [0.717, 1.165) is 39.2 Å². The summed E-state index contributed by atoms with van der Waals surface area (Å²) in [5.74, 6) is 1.91. The monoisotopic (exact) mass is 730 g/mol. The highest BCUT2D eigenvalue weighted by Crippen LogP contribution is 2.56. The van der Waals surface area contributed by atoms with Gasteiger partial charge < -0.3 is 4.57 Å². The van der Waals surface area contributed by atoms with Crippen LogP contribution in [0.25, 0.3) is 74.0 Å². The highest BCUT2D eigenvalue weighted by Gasteiger charge is 2.38. The second-order valence-electron chi connectivity index (χ2n) is 14.2. The summed E-state index contributed by atoms with van der Waals surface area (Å²) < 4.78 is 2.31. The van der Waals surface area contributed by atoms with Crippen molar-refractivity contribution in [2.75, 3.05) is 0 Å². The summed E-state index contributed by atoms with van der Waals surface area (Å²) in [6.07, 6.45) is 3.91. The summed E-state index contributed by atoms with van der Waals surface area (Å²) in [5.41, 5.74) is 12.2. The molecule has 1 aliphatic heterocycles. The van der Waals surface area contributed by atoms with E-state index in [1.165, 1.54) is 47.2 Å². The second-order valence-corrected chi connectivity index (χ2v) is 16.3. The molecule has 0 fully saturated rings. The van der Waals surface area contributed by atoms with Crippen LogP contribution in [0.1, 0.15) is 36.2 Å². The topological polar surface area (TPSA) is 43.6 Å². The number of hydrogen-bond acceptors (Lipinski definition) is 5. The number of aromatic nitrogens is 4. The minimum absolute atomic E-state index is 0.158. The average Bonchev–Trinajstić information content (AvgIpc) is 3.65. The predicted molar refractivity (Wildman–Crippen MR) is 225 cm³/mol. The smallest absolute Gasteiger partial charge is 0.164 e. The normalized spacial score (nSPS) is 13.5. The van der Waals surface area contributed by atoms with Crippen LogP contribution in [-0.4, -0.2) is 19.5 Å². The Morgan fingerprint density at radius 3 is 1.59 bits per heavy atom. The molecule has 54 heavy (non-hydrogen) atoms. The van der Waals surface area contributed by atoms with E-state index in [0.29, 0.717) is 17.5 Å². The summed E-state index contributed by atoms with van der Waals surface area (Å²) >= 11 is 3.75. The first-order chi connectivity index (χ1) is 26.4. The van der Waals surface area contributed by atoms with Gasteiger partial charge in [-0.05, 0) is 89.0 Å². The van der Waals surface area contributed by atoms with Crippen molar-refractivity contribution in [1.82, 2.24) is 19.5 Å². The molecule has 2 aromatic heterocycles. The molecule has 6 heteroatoms. The van der Waals surface area contributed by atoms with Gasteiger partial charge in [-0.1, -0.05) is 129 Å². The van der Waals surface area contributed by atoms with E-state index < -0.39 is 0 Å². The minimum atomic E-state index is -0.158. The van der Waals surface area contributed by atoms with Crippen LogP contribution in [0.2, 0.25) is 0 Å². The van der Waals surface area contributed by atoms with E-state index in [9.17, 15) is 0 Å². The van der Waals surface area contributed by atoms with Gasteiger partial charge in [0.2, 0.25) is 0 Å². The molecule has 0 spiro atoms. The highest BCUT2D eigenvalue weighted by molar-refractivity contribution is 8.05. The van der Waals surface area contributed by atoms with Gasteiger partial charge in [0, 0.05) is 58.3 Å². The van der Waals surface area contributed by atoms with Crippen molar-refractivity contribution in [1.29, 1.82) is 0 Å². The molecule has 10 rings (SSSR count). The number of rotatable bonds is 6. The fraction of sp³-hybridized carbons (Fsp3) is 0.0625. The predicted octanol–water partition coefficient (Wildman–Crippen LogP) is 13.0. The van der Waals surface area contributed by atoms with E-state index in [1.807, 2.05) is 96.3 Å². The van der Waals surface area contributed by atoms with Crippen molar-refractivity contribution in [2.45, 2.75) is 38.8 Å². The summed E-state index contributed by atoms with van der Waals surface area (Å²) in [4.78, 5) is 20.1. The van der Waals surface area contributed by atoms with Crippen LogP contribution in [0.3, 0.4) is 0 Å². The molecular formula is C48H34N4S2. The molecule has 0 radical (unpaired) electrons. The summed E-state index contributed by atoms with van der Waals surface area (Å²) in [6.45, 7) is 13.3. The molecule has 0 amide bonds. The lowest BCUT2D eigenvalue weighted by Gasteiger charge is -2.24. The van der Waals surface area contributed by atoms with Gasteiger partial charge >= 0.3 is 0 Å². The van der Waals surface area contributed by atoms with Crippen molar-refractivity contribution in [3.05, 3.63) is 169 Å². The maximum atomic E-state index is 4.96. The van der Waals surface area contributed by atoms with Gasteiger partial charge in [0.05, 0.1) is 11.2 Å². The van der Waals surface area contributed by atoms with Crippen molar-refractivity contribution in [3.8, 4) is 51.0 Å². The summed E-state index contributed by atoms with van der Waals surface area (Å²) in [6, 6.07) is 47.0. The Balaban J connectivity index is 1.10. The van der Waals surface area contributed by atoms with E-state index in [4.69, 9.17) is 15.0 Å². The summed E-state index contributed by atoms with van der Waals surface area (Å²) in [5, 5.41) is 1.17. The third-order valence-electron chi connectivity index (χ3n) is 10.7. The summed E-state index contributed by atoms with van der Waals surface area (Å²) in [7, 11) is 0. The Bertz CT molecular complexity index is 2760. The molecular weight excluding hydrogens is 697 g/mol. The first-order valence-electron chi connectivity index (χ1n) is 18.0. The molecule has 0 N–H and O–H groups in total. The molecule has 0 saturated heterocycles. The van der Waals surface area contributed by atoms with Crippen molar-refractivity contribution >= 4 is 46.6 Å². The maximum absolute atomic E-state index is 4.96. The largest absolute Gasteiger partial charge is 0.309 e. The van der Waals surface area contributed by atoms with Crippen LogP contribution >= 0.6 is 23.5 Å². The SMILES string of the molecule is C=Cc1c(C=C)n(-c2ccc(-c3nc(-c4ccccc4)nc(-c4ccccc4)n3)cc2)c2cc3c(cc12)C(C)(C)c1cc2c(cc1-3)Sc1ccccc1S2. The molecule has 0 unspecified atom stereocenters. The number of benzene rings is 6. The average molecular weight is 731 g/mol. The lowest BCUT2D eigenvalue weighted by atomic mass is 9.82. The van der Waals surface area contributed by atoms with E-state index in [-0.39, 0.29) is 5.41 Å². The van der Waals surface area contributed by atoms with Gasteiger partial charge in [0.15, 0.2) is 17.5 Å². The third-order valence-corrected chi connectivity index (χ3v) is 13.2. The Hall–Kier alpha value is -5.95. The Labute approximate surface area is 323 Å². The first-order valence-corrected chi connectivity index (χ1v) is 19.6. The quantitative estimate of drug-likeness (QED) is 0.170. The highest BCUT2D eigenvalue weighted by atomic mass is 32.2. The van der Waals surface area contributed by atoms with E-state index in [2.05, 4.69) is 104 Å². The van der Waals surface area contributed by atoms with Gasteiger partial charge in [-0.2, -0.15) is 0 Å². The van der Waals surface area contributed by atoms with Gasteiger partial charge in [-0.3, -0.25) is 0 Å². The first kappa shape index (κ1) is 32.7. The third kappa shape index (κ3) is 5.12. The zero-order chi connectivity index (χ0) is 36.6. The maximum Gasteiger partial charge on any atom is 0.164 e. The van der Waals surface area contributed by atoms with Crippen molar-refractivity contribution < 1.29 is 0 Å². The lowest BCUT2D eigenvalue weighted by Crippen LogP contribution is -2.15. The Morgan fingerprint density at radius 1 is 0.537 bits per heavy atom. The fourth-order valence-electron chi connectivity index (χ4n) is 7.97. The molecule has 0 saturated carbocycles.